The molecule has 1 aromatic rings. The summed E-state index contributed by atoms with van der Waals surface area (Å²) in [5.41, 5.74) is 0. The molecule has 0 aliphatic carbocycles. The van der Waals surface area contributed by atoms with Gasteiger partial charge in [0, 0.05) is 28.4 Å². The maximum atomic E-state index is 5.53. The second-order valence-electron chi connectivity index (χ2n) is 3.71. The summed E-state index contributed by atoms with van der Waals surface area (Å²) in [6.45, 7) is 2.90. The van der Waals surface area contributed by atoms with Crippen LogP contribution in [-0.2, 0) is 0 Å². The molecule has 15 heavy (non-hydrogen) atoms. The molecule has 0 amide bonds. The lowest BCUT2D eigenvalue weighted by molar-refractivity contribution is 0.205. The fourth-order valence-corrected chi connectivity index (χ4v) is 1.91. The molecule has 1 saturated heterocycles. The van der Waals surface area contributed by atoms with E-state index in [0.29, 0.717) is 18.5 Å². The lowest BCUT2D eigenvalue weighted by atomic mass is 10.0. The van der Waals surface area contributed by atoms with Crippen molar-refractivity contribution >= 4 is 22.6 Å². The van der Waals surface area contributed by atoms with E-state index in [1.807, 2.05) is 0 Å². The fraction of sp³-hybridized carbons (Fsp3) is 0.600. The zero-order valence-electron chi connectivity index (χ0n) is 8.45. The molecule has 1 fully saturated rings. The van der Waals surface area contributed by atoms with Gasteiger partial charge in [-0.25, -0.2) is 9.97 Å². The van der Waals surface area contributed by atoms with E-state index in [4.69, 9.17) is 4.74 Å². The maximum absolute atomic E-state index is 5.53. The molecule has 2 rings (SSSR count). The molecule has 1 aliphatic heterocycles. The van der Waals surface area contributed by atoms with E-state index in [-0.39, 0.29) is 0 Å². The first-order valence-electron chi connectivity index (χ1n) is 5.15. The molecule has 0 aromatic carbocycles. The quantitative estimate of drug-likeness (QED) is 0.857. The van der Waals surface area contributed by atoms with Gasteiger partial charge in [-0.1, -0.05) is 0 Å². The number of rotatable bonds is 3. The van der Waals surface area contributed by atoms with E-state index in [1.165, 1.54) is 12.8 Å². The number of aromatic nitrogens is 2. The molecular weight excluding hydrogens is 305 g/mol. The summed E-state index contributed by atoms with van der Waals surface area (Å²) in [6.07, 6.45) is 6.00. The van der Waals surface area contributed by atoms with Crippen LogP contribution in [0, 0.1) is 9.49 Å². The molecule has 1 unspecified atom stereocenters. The Morgan fingerprint density at radius 1 is 1.47 bits per heavy atom. The molecule has 2 heterocycles. The van der Waals surface area contributed by atoms with Crippen LogP contribution < -0.4 is 10.1 Å². The van der Waals surface area contributed by atoms with Crippen LogP contribution in [-0.4, -0.2) is 29.7 Å². The predicted octanol–water partition coefficient (Wildman–Crippen LogP) is 1.46. The largest absolute Gasteiger partial charge is 0.463 e. The molecular formula is C10H14IN3O. The molecule has 0 saturated carbocycles. The van der Waals surface area contributed by atoms with Gasteiger partial charge in [0.25, 0.3) is 0 Å². The highest BCUT2D eigenvalue weighted by molar-refractivity contribution is 14.1. The maximum Gasteiger partial charge on any atom is 0.316 e. The van der Waals surface area contributed by atoms with Gasteiger partial charge in [0.15, 0.2) is 0 Å². The Morgan fingerprint density at radius 3 is 2.93 bits per heavy atom. The number of hydrogen-bond donors (Lipinski definition) is 1. The summed E-state index contributed by atoms with van der Waals surface area (Å²) in [6, 6.07) is 0.487. The summed E-state index contributed by atoms with van der Waals surface area (Å²) in [7, 11) is 0. The molecule has 1 aliphatic rings. The standard InChI is InChI=1S/C10H14IN3O/c11-9-5-13-10(14-6-9)15-7-8-2-1-3-12-4-8/h5-6,8,12H,1-4,7H2. The highest BCUT2D eigenvalue weighted by Gasteiger charge is 2.13. The summed E-state index contributed by atoms with van der Waals surface area (Å²) in [4.78, 5) is 8.20. The topological polar surface area (TPSA) is 47.0 Å². The van der Waals surface area contributed by atoms with Crippen LogP contribution in [0.3, 0.4) is 0 Å². The SMILES string of the molecule is Ic1cnc(OCC2CCCNC2)nc1. The lowest BCUT2D eigenvalue weighted by Crippen LogP contribution is -2.33. The highest BCUT2D eigenvalue weighted by atomic mass is 127. The van der Waals surface area contributed by atoms with Crippen LogP contribution in [0.1, 0.15) is 12.8 Å². The van der Waals surface area contributed by atoms with Crippen LogP contribution in [0.2, 0.25) is 0 Å². The Bertz CT molecular complexity index is 298. The number of piperidine rings is 1. The van der Waals surface area contributed by atoms with Gasteiger partial charge in [0.1, 0.15) is 0 Å². The van der Waals surface area contributed by atoms with E-state index < -0.39 is 0 Å². The van der Waals surface area contributed by atoms with Crippen LogP contribution in [0.5, 0.6) is 6.01 Å². The van der Waals surface area contributed by atoms with Crippen molar-refractivity contribution in [2.45, 2.75) is 12.8 Å². The molecule has 1 N–H and O–H groups in total. The number of nitrogens with one attached hydrogen (secondary N) is 1. The summed E-state index contributed by atoms with van der Waals surface area (Å²) >= 11 is 2.18. The molecule has 4 nitrogen and oxygen atoms in total. The predicted molar refractivity (Wildman–Crippen MR) is 65.8 cm³/mol. The smallest absolute Gasteiger partial charge is 0.316 e. The van der Waals surface area contributed by atoms with E-state index in [2.05, 4.69) is 37.9 Å². The van der Waals surface area contributed by atoms with Gasteiger partial charge in [-0.3, -0.25) is 0 Å². The van der Waals surface area contributed by atoms with Crippen molar-refractivity contribution in [1.82, 2.24) is 15.3 Å². The van der Waals surface area contributed by atoms with Crippen molar-refractivity contribution in [3.63, 3.8) is 0 Å². The average Bonchev–Trinajstić information content (AvgIpc) is 2.30. The van der Waals surface area contributed by atoms with Crippen LogP contribution in [0.25, 0.3) is 0 Å². The Labute approximate surface area is 103 Å². The zero-order valence-corrected chi connectivity index (χ0v) is 10.6. The molecule has 1 aromatic heterocycles. The van der Waals surface area contributed by atoms with Crippen molar-refractivity contribution in [3.8, 4) is 6.01 Å². The second kappa shape index (κ2) is 5.60. The third-order valence-electron chi connectivity index (χ3n) is 2.44. The van der Waals surface area contributed by atoms with E-state index in [1.54, 1.807) is 12.4 Å². The first-order valence-corrected chi connectivity index (χ1v) is 6.23. The van der Waals surface area contributed by atoms with Crippen LogP contribution >= 0.6 is 22.6 Å². The van der Waals surface area contributed by atoms with Crippen LogP contribution in [0.4, 0.5) is 0 Å². The monoisotopic (exact) mass is 319 g/mol. The first kappa shape index (κ1) is 11.1. The van der Waals surface area contributed by atoms with E-state index in [9.17, 15) is 0 Å². The van der Waals surface area contributed by atoms with Crippen molar-refractivity contribution in [2.24, 2.45) is 5.92 Å². The highest BCUT2D eigenvalue weighted by Crippen LogP contribution is 2.12. The van der Waals surface area contributed by atoms with Crippen LogP contribution in [0.15, 0.2) is 12.4 Å². The average molecular weight is 319 g/mol. The molecule has 0 bridgehead atoms. The fourth-order valence-electron chi connectivity index (χ4n) is 1.63. The number of ether oxygens (including phenoxy) is 1. The Hall–Kier alpha value is -0.430. The third-order valence-corrected chi connectivity index (χ3v) is 3.00. The van der Waals surface area contributed by atoms with Gasteiger partial charge in [-0.15, -0.1) is 0 Å². The zero-order chi connectivity index (χ0) is 10.5. The van der Waals surface area contributed by atoms with Gasteiger partial charge in [-0.05, 0) is 42.0 Å². The normalized spacial score (nSPS) is 21.3. The number of hydrogen-bond acceptors (Lipinski definition) is 4. The van der Waals surface area contributed by atoms with Crippen molar-refractivity contribution in [1.29, 1.82) is 0 Å². The number of nitrogens with zero attached hydrogens (tertiary/aromatic N) is 2. The summed E-state index contributed by atoms with van der Waals surface area (Å²) in [5.74, 6) is 0.599. The minimum Gasteiger partial charge on any atom is -0.463 e. The van der Waals surface area contributed by atoms with E-state index >= 15 is 0 Å². The van der Waals surface area contributed by atoms with Gasteiger partial charge < -0.3 is 10.1 Å². The van der Waals surface area contributed by atoms with Gasteiger partial charge in [-0.2, -0.15) is 0 Å². The molecule has 1 atom stereocenters. The van der Waals surface area contributed by atoms with Crippen molar-refractivity contribution < 1.29 is 4.74 Å². The molecule has 0 radical (unpaired) electrons. The minimum absolute atomic E-state index is 0.487. The summed E-state index contributed by atoms with van der Waals surface area (Å²) < 4.78 is 6.56. The third kappa shape index (κ3) is 3.57. The Morgan fingerprint density at radius 2 is 2.27 bits per heavy atom. The van der Waals surface area contributed by atoms with Crippen molar-refractivity contribution in [3.05, 3.63) is 16.0 Å². The lowest BCUT2D eigenvalue weighted by Gasteiger charge is -2.22. The van der Waals surface area contributed by atoms with Gasteiger partial charge in [0.05, 0.1) is 6.61 Å². The molecule has 0 spiro atoms. The first-order chi connectivity index (χ1) is 7.34. The Balaban J connectivity index is 1.79. The summed E-state index contributed by atoms with van der Waals surface area (Å²) in [5, 5.41) is 3.36. The van der Waals surface area contributed by atoms with E-state index in [0.717, 1.165) is 16.7 Å². The second-order valence-corrected chi connectivity index (χ2v) is 4.95. The minimum atomic E-state index is 0.487. The van der Waals surface area contributed by atoms with Crippen molar-refractivity contribution in [2.75, 3.05) is 19.7 Å². The Kier molecular flexibility index (Phi) is 4.13. The molecule has 82 valence electrons. The van der Waals surface area contributed by atoms with Gasteiger partial charge in [0.2, 0.25) is 0 Å². The van der Waals surface area contributed by atoms with Gasteiger partial charge >= 0.3 is 6.01 Å². The molecule has 5 heteroatoms. The number of halogens is 1.